The van der Waals surface area contributed by atoms with Crippen molar-refractivity contribution in [3.8, 4) is 6.07 Å². The highest BCUT2D eigenvalue weighted by Crippen LogP contribution is 2.32. The third-order valence-electron chi connectivity index (χ3n) is 4.76. The lowest BCUT2D eigenvalue weighted by Crippen LogP contribution is -2.23. The first-order valence-corrected chi connectivity index (χ1v) is 9.20. The molecule has 2 aromatic carbocycles. The summed E-state index contributed by atoms with van der Waals surface area (Å²) in [6.07, 6.45) is 0.532. The fourth-order valence-electron chi connectivity index (χ4n) is 3.16. The molecule has 26 heavy (non-hydrogen) atoms. The average Bonchev–Trinajstić information content (AvgIpc) is 3.04. The zero-order valence-corrected chi connectivity index (χ0v) is 15.4. The van der Waals surface area contributed by atoms with E-state index in [0.717, 1.165) is 31.7 Å². The SMILES string of the molecule is Cc1cc2ccc(C(C)(C#N)Cc3nc4ccccc4s3)cc2[nH]c1=O. The van der Waals surface area contributed by atoms with Crippen molar-refractivity contribution in [2.24, 2.45) is 0 Å². The molecule has 1 unspecified atom stereocenters. The van der Waals surface area contributed by atoms with Gasteiger partial charge in [-0.3, -0.25) is 4.79 Å². The maximum absolute atomic E-state index is 11.9. The van der Waals surface area contributed by atoms with Gasteiger partial charge < -0.3 is 4.98 Å². The number of rotatable bonds is 3. The summed E-state index contributed by atoms with van der Waals surface area (Å²) in [5.41, 5.74) is 2.47. The number of nitriles is 1. The lowest BCUT2D eigenvalue weighted by atomic mass is 9.81. The van der Waals surface area contributed by atoms with Gasteiger partial charge in [-0.2, -0.15) is 5.26 Å². The number of fused-ring (bicyclic) bond motifs is 2. The fourth-order valence-corrected chi connectivity index (χ4v) is 4.28. The Balaban J connectivity index is 1.77. The average molecular weight is 359 g/mol. The van der Waals surface area contributed by atoms with Gasteiger partial charge in [0, 0.05) is 17.5 Å². The van der Waals surface area contributed by atoms with Crippen molar-refractivity contribution in [2.45, 2.75) is 25.7 Å². The molecule has 0 spiro atoms. The van der Waals surface area contributed by atoms with Crippen molar-refractivity contribution in [2.75, 3.05) is 0 Å². The standard InChI is InChI=1S/C21H17N3OS/c1-13-9-14-7-8-15(10-17(14)24-20(13)25)21(2,12-22)11-19-23-16-5-3-4-6-18(16)26-19/h3-10H,11H2,1-2H3,(H,24,25). The summed E-state index contributed by atoms with van der Waals surface area (Å²) in [6.45, 7) is 3.71. The van der Waals surface area contributed by atoms with Crippen LogP contribution < -0.4 is 5.56 Å². The van der Waals surface area contributed by atoms with Crippen molar-refractivity contribution < 1.29 is 0 Å². The fraction of sp³-hybridized carbons (Fsp3) is 0.190. The van der Waals surface area contributed by atoms with E-state index >= 15 is 0 Å². The molecule has 128 valence electrons. The van der Waals surface area contributed by atoms with Gasteiger partial charge in [0.1, 0.15) is 0 Å². The summed E-state index contributed by atoms with van der Waals surface area (Å²) in [5, 5.41) is 11.8. The molecule has 0 fully saturated rings. The molecule has 0 aliphatic heterocycles. The van der Waals surface area contributed by atoms with Crippen LogP contribution >= 0.6 is 11.3 Å². The van der Waals surface area contributed by atoms with E-state index in [-0.39, 0.29) is 5.56 Å². The summed E-state index contributed by atoms with van der Waals surface area (Å²) in [6, 6.07) is 18.2. The number of pyridine rings is 1. The Labute approximate surface area is 154 Å². The Kier molecular flexibility index (Phi) is 3.86. The maximum atomic E-state index is 11.9. The van der Waals surface area contributed by atoms with Gasteiger partial charge in [0.25, 0.3) is 5.56 Å². The van der Waals surface area contributed by atoms with Gasteiger partial charge in [0.2, 0.25) is 0 Å². The second-order valence-corrected chi connectivity index (χ2v) is 7.89. The third-order valence-corrected chi connectivity index (χ3v) is 5.79. The van der Waals surface area contributed by atoms with E-state index in [1.807, 2.05) is 55.5 Å². The predicted octanol–water partition coefficient (Wildman–Crippen LogP) is 4.47. The molecule has 4 aromatic rings. The Morgan fingerprint density at radius 3 is 2.81 bits per heavy atom. The molecule has 0 saturated heterocycles. The first kappa shape index (κ1) is 16.5. The first-order valence-electron chi connectivity index (χ1n) is 8.38. The molecule has 0 aliphatic carbocycles. The number of thiazole rings is 1. The Hall–Kier alpha value is -2.97. The van der Waals surface area contributed by atoms with Crippen LogP contribution in [-0.4, -0.2) is 9.97 Å². The smallest absolute Gasteiger partial charge is 0.251 e. The Morgan fingerprint density at radius 2 is 2.04 bits per heavy atom. The van der Waals surface area contributed by atoms with E-state index in [0.29, 0.717) is 12.0 Å². The normalized spacial score (nSPS) is 13.6. The number of H-pyrrole nitrogens is 1. The topological polar surface area (TPSA) is 69.5 Å². The number of aromatic amines is 1. The number of nitrogens with zero attached hydrogens (tertiary/aromatic N) is 2. The summed E-state index contributed by atoms with van der Waals surface area (Å²) in [4.78, 5) is 19.5. The van der Waals surface area contributed by atoms with Crippen LogP contribution in [0.4, 0.5) is 0 Å². The highest BCUT2D eigenvalue weighted by molar-refractivity contribution is 7.18. The van der Waals surface area contributed by atoms with Crippen LogP contribution in [0.3, 0.4) is 0 Å². The maximum Gasteiger partial charge on any atom is 0.251 e. The molecule has 0 radical (unpaired) electrons. The Morgan fingerprint density at radius 1 is 1.23 bits per heavy atom. The van der Waals surface area contributed by atoms with Gasteiger partial charge in [0.05, 0.1) is 26.7 Å². The van der Waals surface area contributed by atoms with E-state index in [9.17, 15) is 10.1 Å². The molecule has 2 heterocycles. The molecule has 2 aromatic heterocycles. The molecule has 0 saturated carbocycles. The second kappa shape index (κ2) is 6.08. The van der Waals surface area contributed by atoms with Crippen LogP contribution in [0.25, 0.3) is 21.1 Å². The number of aryl methyl sites for hydroxylation is 1. The van der Waals surface area contributed by atoms with Crippen LogP contribution in [0.5, 0.6) is 0 Å². The van der Waals surface area contributed by atoms with Crippen molar-refractivity contribution in [3.63, 3.8) is 0 Å². The molecule has 0 bridgehead atoms. The van der Waals surface area contributed by atoms with E-state index in [2.05, 4.69) is 16.0 Å². The van der Waals surface area contributed by atoms with Crippen LogP contribution in [0.1, 0.15) is 23.1 Å². The van der Waals surface area contributed by atoms with Crippen LogP contribution in [0, 0.1) is 18.3 Å². The minimum absolute atomic E-state index is 0.0977. The van der Waals surface area contributed by atoms with E-state index in [1.54, 1.807) is 18.3 Å². The molecule has 4 rings (SSSR count). The largest absolute Gasteiger partial charge is 0.322 e. The van der Waals surface area contributed by atoms with Gasteiger partial charge in [-0.05, 0) is 49.1 Å². The monoisotopic (exact) mass is 359 g/mol. The quantitative estimate of drug-likeness (QED) is 0.587. The number of aromatic nitrogens is 2. The summed E-state index contributed by atoms with van der Waals surface area (Å²) in [5.74, 6) is 0. The van der Waals surface area contributed by atoms with Crippen molar-refractivity contribution in [3.05, 3.63) is 75.0 Å². The molecule has 5 heteroatoms. The van der Waals surface area contributed by atoms with Gasteiger partial charge in [-0.1, -0.05) is 24.3 Å². The summed E-state index contributed by atoms with van der Waals surface area (Å²) < 4.78 is 1.13. The zero-order chi connectivity index (χ0) is 18.3. The molecule has 0 aliphatic rings. The minimum Gasteiger partial charge on any atom is -0.322 e. The van der Waals surface area contributed by atoms with Crippen molar-refractivity contribution in [1.82, 2.24) is 9.97 Å². The number of hydrogen-bond donors (Lipinski definition) is 1. The van der Waals surface area contributed by atoms with E-state index in [4.69, 9.17) is 0 Å². The number of nitrogens with one attached hydrogen (secondary N) is 1. The van der Waals surface area contributed by atoms with Gasteiger partial charge in [-0.25, -0.2) is 4.98 Å². The van der Waals surface area contributed by atoms with E-state index < -0.39 is 5.41 Å². The lowest BCUT2D eigenvalue weighted by Gasteiger charge is -2.21. The summed E-state index contributed by atoms with van der Waals surface area (Å²) >= 11 is 1.62. The number of benzene rings is 2. The molecule has 4 nitrogen and oxygen atoms in total. The van der Waals surface area contributed by atoms with Crippen molar-refractivity contribution >= 4 is 32.5 Å². The molecule has 1 N–H and O–H groups in total. The zero-order valence-electron chi connectivity index (χ0n) is 14.5. The van der Waals surface area contributed by atoms with Crippen LogP contribution in [0.2, 0.25) is 0 Å². The number of hydrogen-bond acceptors (Lipinski definition) is 4. The second-order valence-electron chi connectivity index (χ2n) is 6.78. The molecule has 1 atom stereocenters. The van der Waals surface area contributed by atoms with Crippen LogP contribution in [0.15, 0.2) is 53.3 Å². The third kappa shape index (κ3) is 2.79. The number of para-hydroxylation sites is 1. The van der Waals surface area contributed by atoms with Gasteiger partial charge in [-0.15, -0.1) is 11.3 Å². The molecular weight excluding hydrogens is 342 g/mol. The minimum atomic E-state index is -0.718. The highest BCUT2D eigenvalue weighted by Gasteiger charge is 2.29. The van der Waals surface area contributed by atoms with E-state index in [1.165, 1.54) is 0 Å². The van der Waals surface area contributed by atoms with Crippen molar-refractivity contribution in [1.29, 1.82) is 5.26 Å². The summed E-state index contributed by atoms with van der Waals surface area (Å²) in [7, 11) is 0. The molecular formula is C21H17N3OS. The van der Waals surface area contributed by atoms with Gasteiger partial charge >= 0.3 is 0 Å². The highest BCUT2D eigenvalue weighted by atomic mass is 32.1. The lowest BCUT2D eigenvalue weighted by molar-refractivity contribution is 0.605. The molecule has 0 amide bonds. The predicted molar refractivity (Wildman–Crippen MR) is 106 cm³/mol. The first-order chi connectivity index (χ1) is 12.5. The van der Waals surface area contributed by atoms with Gasteiger partial charge in [0.15, 0.2) is 0 Å². The van der Waals surface area contributed by atoms with Crippen LogP contribution in [-0.2, 0) is 11.8 Å². The Bertz CT molecular complexity index is 1200.